The molecule has 0 bridgehead atoms. The van der Waals surface area contributed by atoms with Crippen LogP contribution in [-0.2, 0) is 13.0 Å². The van der Waals surface area contributed by atoms with Gasteiger partial charge in [0.15, 0.2) is 0 Å². The number of rotatable bonds is 3. The maximum absolute atomic E-state index is 13.0. The first-order chi connectivity index (χ1) is 15.5. The van der Waals surface area contributed by atoms with Gasteiger partial charge in [0, 0.05) is 37.5 Å². The zero-order chi connectivity index (χ0) is 22.2. The normalized spacial score (nSPS) is 18.0. The van der Waals surface area contributed by atoms with Gasteiger partial charge in [-0.15, -0.1) is 11.3 Å². The van der Waals surface area contributed by atoms with Crippen molar-refractivity contribution >= 4 is 23.2 Å². The van der Waals surface area contributed by atoms with Gasteiger partial charge in [-0.25, -0.2) is 4.98 Å². The third-order valence-corrected chi connectivity index (χ3v) is 7.04. The van der Waals surface area contributed by atoms with Gasteiger partial charge in [-0.1, -0.05) is 6.07 Å². The number of amides is 2. The fourth-order valence-corrected chi connectivity index (χ4v) is 5.17. The number of aromatic nitrogens is 3. The van der Waals surface area contributed by atoms with Gasteiger partial charge in [-0.2, -0.15) is 0 Å². The van der Waals surface area contributed by atoms with Crippen LogP contribution in [-0.4, -0.2) is 49.7 Å². The Labute approximate surface area is 188 Å². The van der Waals surface area contributed by atoms with E-state index < -0.39 is 0 Å². The van der Waals surface area contributed by atoms with Crippen molar-refractivity contribution in [3.05, 3.63) is 79.4 Å². The number of carbonyl (C=O) groups is 2. The molecule has 2 amide bonds. The molecule has 5 rings (SSSR count). The molecule has 0 saturated carbocycles. The third kappa shape index (κ3) is 3.62. The van der Waals surface area contributed by atoms with Crippen molar-refractivity contribution in [3.8, 4) is 0 Å². The first-order valence-corrected chi connectivity index (χ1v) is 11.6. The van der Waals surface area contributed by atoms with E-state index >= 15 is 0 Å². The number of H-pyrrole nitrogens is 1. The lowest BCUT2D eigenvalue weighted by Crippen LogP contribution is -2.41. The van der Waals surface area contributed by atoms with Crippen LogP contribution in [0.5, 0.6) is 0 Å². The molecule has 0 aromatic carbocycles. The molecule has 3 aromatic heterocycles. The summed E-state index contributed by atoms with van der Waals surface area (Å²) in [7, 11) is 0. The Balaban J connectivity index is 1.40. The smallest absolute Gasteiger partial charge is 0.264 e. The number of hydrogen-bond donors (Lipinski definition) is 1. The molecule has 1 saturated heterocycles. The monoisotopic (exact) mass is 449 g/mol. The molecule has 5 heterocycles. The molecule has 0 aliphatic carbocycles. The molecule has 2 aliphatic rings. The van der Waals surface area contributed by atoms with Gasteiger partial charge in [0.2, 0.25) is 0 Å². The van der Waals surface area contributed by atoms with E-state index in [-0.39, 0.29) is 30.0 Å². The number of likely N-dealkylation sites (tertiary alicyclic amines) is 1. The number of nitrogens with zero attached hydrogens (tertiary/aromatic N) is 4. The topological polar surface area (TPSA) is 99.3 Å². The Morgan fingerprint density at radius 2 is 2.09 bits per heavy atom. The third-order valence-electron chi connectivity index (χ3n) is 6.19. The van der Waals surface area contributed by atoms with E-state index in [1.165, 1.54) is 11.3 Å². The molecule has 2 aliphatic heterocycles. The summed E-state index contributed by atoms with van der Waals surface area (Å²) in [4.78, 5) is 54.8. The van der Waals surface area contributed by atoms with Gasteiger partial charge in [-0.05, 0) is 42.8 Å². The second kappa shape index (κ2) is 8.31. The summed E-state index contributed by atoms with van der Waals surface area (Å²) in [6.07, 6.45) is 5.41. The van der Waals surface area contributed by atoms with Gasteiger partial charge in [-0.3, -0.25) is 19.4 Å². The van der Waals surface area contributed by atoms with E-state index in [1.807, 2.05) is 24.4 Å². The molecule has 1 atom stereocenters. The number of hydrogen-bond acceptors (Lipinski definition) is 6. The van der Waals surface area contributed by atoms with E-state index in [0.29, 0.717) is 41.3 Å². The molecule has 164 valence electrons. The van der Waals surface area contributed by atoms with Crippen molar-refractivity contribution in [1.29, 1.82) is 0 Å². The van der Waals surface area contributed by atoms with Crippen LogP contribution in [0.25, 0.3) is 0 Å². The van der Waals surface area contributed by atoms with Crippen LogP contribution in [0.1, 0.15) is 61.6 Å². The molecular weight excluding hydrogens is 426 g/mol. The summed E-state index contributed by atoms with van der Waals surface area (Å²) in [5, 5.41) is 1.89. The molecule has 8 nitrogen and oxygen atoms in total. The fourth-order valence-electron chi connectivity index (χ4n) is 4.49. The molecule has 0 radical (unpaired) electrons. The van der Waals surface area contributed by atoms with Crippen molar-refractivity contribution in [2.24, 2.45) is 0 Å². The van der Waals surface area contributed by atoms with Crippen molar-refractivity contribution in [3.63, 3.8) is 0 Å². The number of fused-ring (bicyclic) bond motifs is 1. The van der Waals surface area contributed by atoms with Gasteiger partial charge >= 0.3 is 0 Å². The number of carbonyl (C=O) groups excluding carboxylic acids is 2. The predicted octanol–water partition coefficient (Wildman–Crippen LogP) is 2.71. The van der Waals surface area contributed by atoms with Crippen molar-refractivity contribution in [2.75, 3.05) is 13.1 Å². The second-order valence-corrected chi connectivity index (χ2v) is 9.13. The van der Waals surface area contributed by atoms with Crippen LogP contribution in [0.2, 0.25) is 0 Å². The van der Waals surface area contributed by atoms with E-state index in [1.54, 1.807) is 28.3 Å². The van der Waals surface area contributed by atoms with Crippen LogP contribution < -0.4 is 5.56 Å². The Bertz CT molecular complexity index is 1240. The van der Waals surface area contributed by atoms with Gasteiger partial charge in [0.05, 0.1) is 28.7 Å². The number of nitrogens with one attached hydrogen (secondary N) is 1. The fraction of sp³-hybridized carbons (Fsp3) is 0.348. The minimum Gasteiger partial charge on any atom is -0.334 e. The average molecular weight is 450 g/mol. The highest BCUT2D eigenvalue weighted by Crippen LogP contribution is 2.32. The molecule has 1 N–H and O–H groups in total. The number of thiophene rings is 1. The molecule has 32 heavy (non-hydrogen) atoms. The Morgan fingerprint density at radius 3 is 2.88 bits per heavy atom. The Morgan fingerprint density at radius 1 is 1.22 bits per heavy atom. The lowest BCUT2D eigenvalue weighted by Gasteiger charge is -2.29. The van der Waals surface area contributed by atoms with Gasteiger partial charge < -0.3 is 14.8 Å². The minimum atomic E-state index is -0.235. The zero-order valence-electron chi connectivity index (χ0n) is 17.7. The highest BCUT2D eigenvalue weighted by Gasteiger charge is 2.34. The van der Waals surface area contributed by atoms with Crippen LogP contribution in [0.15, 0.2) is 40.8 Å². The van der Waals surface area contributed by atoms with E-state index in [0.717, 1.165) is 24.1 Å². The van der Waals surface area contributed by atoms with Crippen LogP contribution in [0.3, 0.4) is 0 Å². The maximum atomic E-state index is 13.0. The van der Waals surface area contributed by atoms with Crippen LogP contribution in [0, 0.1) is 6.92 Å². The molecule has 9 heteroatoms. The quantitative estimate of drug-likeness (QED) is 0.663. The summed E-state index contributed by atoms with van der Waals surface area (Å²) in [6, 6.07) is 5.16. The second-order valence-electron chi connectivity index (χ2n) is 8.18. The standard InChI is InChI=1S/C23H23N5O3S/c1-14-12-24-8-6-15(14)22(30)27-10-7-17-16(13-27)21(29)26-20(25-17)18-4-2-9-28(18)23(31)19-5-3-11-32-19/h3,5-6,8,11-12,18H,2,4,7,9-10,13H2,1H3,(H,25,26,29)/t18-/m1/s1. The van der Waals surface area contributed by atoms with Crippen molar-refractivity contribution in [2.45, 2.75) is 38.8 Å². The summed E-state index contributed by atoms with van der Waals surface area (Å²) in [5.74, 6) is 0.413. The summed E-state index contributed by atoms with van der Waals surface area (Å²) in [6.45, 7) is 3.21. The minimum absolute atomic E-state index is 0.0210. The predicted molar refractivity (Wildman–Crippen MR) is 120 cm³/mol. The van der Waals surface area contributed by atoms with Gasteiger partial charge in [0.25, 0.3) is 17.4 Å². The summed E-state index contributed by atoms with van der Waals surface area (Å²) < 4.78 is 0. The first-order valence-electron chi connectivity index (χ1n) is 10.7. The van der Waals surface area contributed by atoms with Gasteiger partial charge in [0.1, 0.15) is 5.82 Å². The highest BCUT2D eigenvalue weighted by atomic mass is 32.1. The highest BCUT2D eigenvalue weighted by molar-refractivity contribution is 7.12. The average Bonchev–Trinajstić information content (AvgIpc) is 3.51. The van der Waals surface area contributed by atoms with Crippen LogP contribution >= 0.6 is 11.3 Å². The lowest BCUT2D eigenvalue weighted by molar-refractivity contribution is 0.0718. The Hall–Kier alpha value is -3.33. The largest absolute Gasteiger partial charge is 0.334 e. The van der Waals surface area contributed by atoms with Crippen molar-refractivity contribution < 1.29 is 9.59 Å². The Kier molecular flexibility index (Phi) is 5.34. The SMILES string of the molecule is Cc1cnccc1C(=O)N1CCc2nc([C@H]3CCCN3C(=O)c3cccs3)[nH]c(=O)c2C1. The summed E-state index contributed by atoms with van der Waals surface area (Å²) >= 11 is 1.42. The molecule has 0 spiro atoms. The van der Waals surface area contributed by atoms with E-state index in [2.05, 4.69) is 9.97 Å². The van der Waals surface area contributed by atoms with Crippen LogP contribution in [0.4, 0.5) is 0 Å². The molecular formula is C23H23N5O3S. The lowest BCUT2D eigenvalue weighted by atomic mass is 10.0. The van der Waals surface area contributed by atoms with E-state index in [4.69, 9.17) is 4.98 Å². The van der Waals surface area contributed by atoms with E-state index in [9.17, 15) is 14.4 Å². The zero-order valence-corrected chi connectivity index (χ0v) is 18.5. The number of aryl methyl sites for hydroxylation is 1. The molecule has 1 fully saturated rings. The van der Waals surface area contributed by atoms with Crippen molar-refractivity contribution in [1.82, 2.24) is 24.8 Å². The maximum Gasteiger partial charge on any atom is 0.264 e. The number of pyridine rings is 1. The summed E-state index contributed by atoms with van der Waals surface area (Å²) in [5.41, 5.74) is 2.41. The molecule has 3 aromatic rings. The molecule has 0 unspecified atom stereocenters. The first kappa shape index (κ1) is 20.6. The number of aromatic amines is 1.